The van der Waals surface area contributed by atoms with Gasteiger partial charge in [-0.1, -0.05) is 0 Å². The van der Waals surface area contributed by atoms with Crippen molar-refractivity contribution in [1.29, 1.82) is 0 Å². The van der Waals surface area contributed by atoms with E-state index in [1.807, 2.05) is 0 Å². The number of hydrogen-bond donors (Lipinski definition) is 4. The van der Waals surface area contributed by atoms with E-state index in [9.17, 15) is 9.18 Å². The highest BCUT2D eigenvalue weighted by atomic mass is 19.1. The number of carboxylic acids is 1. The number of carbonyl (C=O) groups is 1. The summed E-state index contributed by atoms with van der Waals surface area (Å²) >= 11 is 0. The average molecular weight is 196 g/mol. The van der Waals surface area contributed by atoms with Crippen molar-refractivity contribution < 1.29 is 34.3 Å². The van der Waals surface area contributed by atoms with Crippen LogP contribution in [-0.4, -0.2) is 57.2 Å². The Hall–Kier alpha value is -0.760. The molecular formula is C6H9FO6. The van der Waals surface area contributed by atoms with E-state index in [2.05, 4.69) is 4.74 Å². The number of alkyl halides is 1. The summed E-state index contributed by atoms with van der Waals surface area (Å²) in [5.74, 6) is -1.57. The van der Waals surface area contributed by atoms with Crippen LogP contribution in [0.3, 0.4) is 0 Å². The van der Waals surface area contributed by atoms with Gasteiger partial charge in [0.25, 0.3) is 0 Å². The van der Waals surface area contributed by atoms with E-state index in [0.717, 1.165) is 0 Å². The molecule has 0 aromatic heterocycles. The molecular weight excluding hydrogens is 187 g/mol. The Morgan fingerprint density at radius 2 is 1.77 bits per heavy atom. The Morgan fingerprint density at radius 1 is 1.23 bits per heavy atom. The van der Waals surface area contributed by atoms with Crippen LogP contribution in [-0.2, 0) is 9.53 Å². The van der Waals surface area contributed by atoms with E-state index in [1.54, 1.807) is 0 Å². The molecule has 0 aromatic rings. The summed E-state index contributed by atoms with van der Waals surface area (Å²) in [5.41, 5.74) is 0. The molecule has 1 rings (SSSR count). The fourth-order valence-electron chi connectivity index (χ4n) is 1.05. The van der Waals surface area contributed by atoms with Crippen LogP contribution in [0.25, 0.3) is 0 Å². The summed E-state index contributed by atoms with van der Waals surface area (Å²) in [6.07, 6.45) is -9.87. The number of aliphatic carboxylic acids is 1. The third-order valence-electron chi connectivity index (χ3n) is 1.79. The third kappa shape index (κ3) is 1.78. The van der Waals surface area contributed by atoms with Gasteiger partial charge in [-0.15, -0.1) is 0 Å². The van der Waals surface area contributed by atoms with Crippen molar-refractivity contribution in [2.45, 2.75) is 30.8 Å². The van der Waals surface area contributed by atoms with Gasteiger partial charge in [0.15, 0.2) is 18.6 Å². The quantitative estimate of drug-likeness (QED) is 0.381. The van der Waals surface area contributed by atoms with Crippen LogP contribution >= 0.6 is 0 Å². The smallest absolute Gasteiger partial charge is 0.335 e. The van der Waals surface area contributed by atoms with Crippen molar-refractivity contribution in [2.24, 2.45) is 0 Å². The second-order valence-corrected chi connectivity index (χ2v) is 2.71. The summed E-state index contributed by atoms with van der Waals surface area (Å²) < 4.78 is 16.9. The zero-order chi connectivity index (χ0) is 10.2. The van der Waals surface area contributed by atoms with Gasteiger partial charge in [0, 0.05) is 0 Å². The van der Waals surface area contributed by atoms with Gasteiger partial charge in [-0.3, -0.25) is 0 Å². The Balaban J connectivity index is 2.76. The van der Waals surface area contributed by atoms with Crippen molar-refractivity contribution >= 4 is 5.97 Å². The van der Waals surface area contributed by atoms with Gasteiger partial charge >= 0.3 is 5.97 Å². The Bertz CT molecular complexity index is 209. The lowest BCUT2D eigenvalue weighted by Crippen LogP contribution is -2.58. The van der Waals surface area contributed by atoms with Gasteiger partial charge in [-0.2, -0.15) is 0 Å². The van der Waals surface area contributed by atoms with E-state index in [4.69, 9.17) is 20.4 Å². The predicted octanol–water partition coefficient (Wildman–Crippen LogP) is -2.15. The highest BCUT2D eigenvalue weighted by Crippen LogP contribution is 2.22. The van der Waals surface area contributed by atoms with Crippen LogP contribution in [0, 0.1) is 0 Å². The highest BCUT2D eigenvalue weighted by molar-refractivity contribution is 5.73. The molecule has 76 valence electrons. The van der Waals surface area contributed by atoms with Crippen molar-refractivity contribution in [2.75, 3.05) is 0 Å². The molecule has 1 saturated heterocycles. The molecule has 7 heteroatoms. The lowest BCUT2D eigenvalue weighted by molar-refractivity contribution is -0.265. The second-order valence-electron chi connectivity index (χ2n) is 2.71. The van der Waals surface area contributed by atoms with Crippen LogP contribution < -0.4 is 0 Å². The van der Waals surface area contributed by atoms with Crippen LogP contribution in [0.1, 0.15) is 0 Å². The first-order valence-corrected chi connectivity index (χ1v) is 3.51. The van der Waals surface area contributed by atoms with Crippen molar-refractivity contribution in [3.05, 3.63) is 0 Å². The first-order chi connectivity index (χ1) is 5.95. The molecule has 0 amide bonds. The van der Waals surface area contributed by atoms with E-state index in [-0.39, 0.29) is 0 Å². The maximum Gasteiger partial charge on any atom is 0.335 e. The average Bonchev–Trinajstić information content (AvgIpc) is 2.07. The molecule has 0 unspecified atom stereocenters. The molecule has 0 spiro atoms. The van der Waals surface area contributed by atoms with Crippen LogP contribution in [0.5, 0.6) is 0 Å². The van der Waals surface area contributed by atoms with Gasteiger partial charge in [0.2, 0.25) is 0 Å². The standard InChI is InChI=1S/C6H9FO6/c7-1-2(8)3(9)4(5(10)11)13-6(1)12/h1-4,6,8-9,12H,(H,10,11)/t1-,2-,3+,4+,6-/m1/s1. The summed E-state index contributed by atoms with van der Waals surface area (Å²) in [7, 11) is 0. The van der Waals surface area contributed by atoms with Crippen molar-refractivity contribution in [3.8, 4) is 0 Å². The van der Waals surface area contributed by atoms with Crippen molar-refractivity contribution in [1.82, 2.24) is 0 Å². The molecule has 1 aliphatic heterocycles. The summed E-state index contributed by atoms with van der Waals surface area (Å²) in [5, 5.41) is 35.1. The number of carboxylic acid groups (broad SMARTS) is 1. The first-order valence-electron chi connectivity index (χ1n) is 3.51. The van der Waals surface area contributed by atoms with Gasteiger partial charge in [-0.25, -0.2) is 9.18 Å². The first kappa shape index (κ1) is 10.3. The molecule has 0 bridgehead atoms. The molecule has 5 atom stereocenters. The van der Waals surface area contributed by atoms with E-state index < -0.39 is 36.7 Å². The van der Waals surface area contributed by atoms with Gasteiger partial charge in [0.1, 0.15) is 12.2 Å². The zero-order valence-electron chi connectivity index (χ0n) is 6.37. The lowest BCUT2D eigenvalue weighted by Gasteiger charge is -2.34. The molecule has 1 fully saturated rings. The number of aliphatic hydroxyl groups excluding tert-OH is 3. The maximum absolute atomic E-state index is 12.7. The highest BCUT2D eigenvalue weighted by Gasteiger charge is 2.47. The summed E-state index contributed by atoms with van der Waals surface area (Å²) in [4.78, 5) is 10.3. The fraction of sp³-hybridized carbons (Fsp3) is 0.833. The largest absolute Gasteiger partial charge is 0.479 e. The molecule has 1 heterocycles. The molecule has 0 aromatic carbocycles. The number of hydrogen-bond acceptors (Lipinski definition) is 5. The molecule has 4 N–H and O–H groups in total. The maximum atomic E-state index is 12.7. The van der Waals surface area contributed by atoms with Gasteiger partial charge < -0.3 is 25.2 Å². The van der Waals surface area contributed by atoms with Crippen LogP contribution in [0.2, 0.25) is 0 Å². The zero-order valence-corrected chi connectivity index (χ0v) is 6.37. The number of ether oxygens (including phenoxy) is 1. The van der Waals surface area contributed by atoms with Gasteiger partial charge in [0.05, 0.1) is 0 Å². The normalized spacial score (nSPS) is 46.0. The minimum Gasteiger partial charge on any atom is -0.479 e. The predicted molar refractivity (Wildman–Crippen MR) is 35.4 cm³/mol. The molecule has 0 aliphatic carbocycles. The topological polar surface area (TPSA) is 107 Å². The second kappa shape index (κ2) is 3.54. The Labute approximate surface area is 72.2 Å². The Morgan fingerprint density at radius 3 is 2.23 bits per heavy atom. The van der Waals surface area contributed by atoms with E-state index >= 15 is 0 Å². The van der Waals surface area contributed by atoms with Crippen LogP contribution in [0.4, 0.5) is 4.39 Å². The summed E-state index contributed by atoms with van der Waals surface area (Å²) in [6.45, 7) is 0. The summed E-state index contributed by atoms with van der Waals surface area (Å²) in [6, 6.07) is 0. The Kier molecular flexibility index (Phi) is 2.81. The minimum atomic E-state index is -2.20. The SMILES string of the molecule is O=C(O)[C@H]1O[C@@H](O)[C@H](F)[C@@H](O)[C@@H]1O. The van der Waals surface area contributed by atoms with E-state index in [0.29, 0.717) is 0 Å². The molecule has 0 radical (unpaired) electrons. The molecule has 0 saturated carbocycles. The molecule has 6 nitrogen and oxygen atoms in total. The fourth-order valence-corrected chi connectivity index (χ4v) is 1.05. The number of rotatable bonds is 1. The lowest BCUT2D eigenvalue weighted by atomic mass is 10.0. The molecule has 13 heavy (non-hydrogen) atoms. The number of aliphatic hydroxyl groups is 3. The molecule has 1 aliphatic rings. The van der Waals surface area contributed by atoms with Crippen molar-refractivity contribution in [3.63, 3.8) is 0 Å². The van der Waals surface area contributed by atoms with Gasteiger partial charge in [-0.05, 0) is 0 Å². The number of halogens is 1. The monoisotopic (exact) mass is 196 g/mol. The van der Waals surface area contributed by atoms with Crippen LogP contribution in [0.15, 0.2) is 0 Å². The van der Waals surface area contributed by atoms with E-state index in [1.165, 1.54) is 0 Å². The third-order valence-corrected chi connectivity index (χ3v) is 1.79. The minimum absolute atomic E-state index is 1.57.